The number of carbonyl (C=O) groups is 4. The second-order valence-corrected chi connectivity index (χ2v) is 14.6. The first kappa shape index (κ1) is 20.8. The van der Waals surface area contributed by atoms with E-state index in [0.717, 1.165) is 5.19 Å². The number of rotatable bonds is 3. The fraction of sp³-hybridized carbons (Fsp3) is 0.200. The van der Waals surface area contributed by atoms with Crippen LogP contribution in [0.4, 0.5) is 0 Å². The number of hydrogen-bond acceptors (Lipinski definition) is 7. The van der Waals surface area contributed by atoms with Crippen molar-refractivity contribution >= 4 is 46.4 Å². The maximum atomic E-state index is 11.7. The lowest BCUT2D eigenvalue weighted by molar-refractivity contribution is 0.0426. The van der Waals surface area contributed by atoms with Gasteiger partial charge < -0.3 is 13.6 Å². The van der Waals surface area contributed by atoms with Gasteiger partial charge in [0.2, 0.25) is 0 Å². The van der Waals surface area contributed by atoms with Crippen LogP contribution in [0.15, 0.2) is 42.5 Å². The molecule has 1 unspecified atom stereocenters. The van der Waals surface area contributed by atoms with Gasteiger partial charge in [0.15, 0.2) is 17.4 Å². The van der Waals surface area contributed by atoms with Crippen LogP contribution in [-0.2, 0) is 13.6 Å². The first-order valence-corrected chi connectivity index (χ1v) is 14.6. The molecule has 29 heavy (non-hydrogen) atoms. The molecule has 7 nitrogen and oxygen atoms in total. The van der Waals surface area contributed by atoms with Crippen molar-refractivity contribution < 1.29 is 32.8 Å². The second-order valence-electron chi connectivity index (χ2n) is 7.54. The Kier molecular flexibility index (Phi) is 5.65. The number of esters is 4. The molecule has 0 spiro atoms. The average Bonchev–Trinajstić information content (AvgIpc) is 3.10. The van der Waals surface area contributed by atoms with E-state index in [2.05, 4.69) is 29.1 Å². The molecule has 2 aromatic carbocycles. The molecule has 150 valence electrons. The highest BCUT2D eigenvalue weighted by Gasteiger charge is 2.34. The van der Waals surface area contributed by atoms with Gasteiger partial charge in [0, 0.05) is 0 Å². The van der Waals surface area contributed by atoms with Crippen LogP contribution in [0, 0.1) is 0 Å². The molecule has 0 N–H and O–H groups in total. The second kappa shape index (κ2) is 7.86. The van der Waals surface area contributed by atoms with Crippen molar-refractivity contribution in [1.29, 1.82) is 0 Å². The number of cyclic esters (lactones) is 4. The van der Waals surface area contributed by atoms with Gasteiger partial charge in [0.25, 0.3) is 0 Å². The number of carbonyl (C=O) groups excluding carboxylic acids is 4. The average molecular weight is 429 g/mol. The minimum Gasteiger partial charge on any atom is -0.455 e. The van der Waals surface area contributed by atoms with Crippen LogP contribution in [0.3, 0.4) is 0 Å². The van der Waals surface area contributed by atoms with Gasteiger partial charge in [-0.3, -0.25) is 0 Å². The van der Waals surface area contributed by atoms with Crippen molar-refractivity contribution in [2.24, 2.45) is 0 Å². The summed E-state index contributed by atoms with van der Waals surface area (Å²) in [5.74, 6) is -2.19. The molecule has 0 saturated heterocycles. The quantitative estimate of drug-likeness (QED) is 0.421. The summed E-state index contributed by atoms with van der Waals surface area (Å²) in [6.45, 7) is 8.37. The molecular weight excluding hydrogens is 408 g/mol. The van der Waals surface area contributed by atoms with Gasteiger partial charge in [-0.25, -0.2) is 19.2 Å². The number of benzene rings is 2. The third kappa shape index (κ3) is 4.42. The molecule has 0 bridgehead atoms. The van der Waals surface area contributed by atoms with Crippen LogP contribution in [0.2, 0.25) is 26.2 Å². The third-order valence-electron chi connectivity index (χ3n) is 4.23. The van der Waals surface area contributed by atoms with Crippen molar-refractivity contribution in [2.45, 2.75) is 26.2 Å². The first-order chi connectivity index (χ1) is 13.6. The van der Waals surface area contributed by atoms with E-state index in [1.807, 2.05) is 12.6 Å². The van der Waals surface area contributed by atoms with Crippen molar-refractivity contribution in [3.63, 3.8) is 0 Å². The summed E-state index contributed by atoms with van der Waals surface area (Å²) in [6, 6.07) is 11.8. The predicted octanol–water partition coefficient (Wildman–Crippen LogP) is 2.41. The summed E-state index contributed by atoms with van der Waals surface area (Å²) >= 11 is 0. The Balaban J connectivity index is 0.000000186. The molecule has 1 atom stereocenters. The van der Waals surface area contributed by atoms with E-state index < -0.39 is 41.2 Å². The summed E-state index contributed by atoms with van der Waals surface area (Å²) < 4.78 is 15.1. The Morgan fingerprint density at radius 1 is 0.724 bits per heavy atom. The minimum absolute atomic E-state index is 0.359. The maximum absolute atomic E-state index is 11.7. The molecule has 2 aliphatic rings. The highest BCUT2D eigenvalue weighted by atomic mass is 28.4. The molecule has 0 amide bonds. The predicted molar refractivity (Wildman–Crippen MR) is 109 cm³/mol. The fourth-order valence-corrected chi connectivity index (χ4v) is 8.94. The molecule has 0 radical (unpaired) electrons. The van der Waals surface area contributed by atoms with Gasteiger partial charge in [-0.2, -0.15) is 0 Å². The molecule has 0 aliphatic carbocycles. The molecule has 0 fully saturated rings. The van der Waals surface area contributed by atoms with Gasteiger partial charge >= 0.3 is 23.9 Å². The molecular formula is C20H20O7Si2. The lowest BCUT2D eigenvalue weighted by atomic mass is 10.1. The normalized spacial score (nSPS) is 15.7. The molecule has 4 rings (SSSR count). The van der Waals surface area contributed by atoms with E-state index in [0.29, 0.717) is 22.3 Å². The summed E-state index contributed by atoms with van der Waals surface area (Å²) in [5, 5.41) is 0.866. The van der Waals surface area contributed by atoms with Crippen LogP contribution in [0.1, 0.15) is 41.4 Å². The fourth-order valence-electron chi connectivity index (χ4n) is 3.12. The smallest absolute Gasteiger partial charge is 0.346 e. The van der Waals surface area contributed by atoms with Gasteiger partial charge in [-0.1, -0.05) is 24.3 Å². The highest BCUT2D eigenvalue weighted by molar-refractivity contribution is 6.81. The van der Waals surface area contributed by atoms with E-state index >= 15 is 0 Å². The van der Waals surface area contributed by atoms with Gasteiger partial charge in [-0.15, -0.1) is 0 Å². The van der Waals surface area contributed by atoms with Crippen molar-refractivity contribution in [3.05, 3.63) is 64.7 Å². The summed E-state index contributed by atoms with van der Waals surface area (Å²) in [5.41, 5.74) is 1.51. The third-order valence-corrected chi connectivity index (χ3v) is 9.83. The van der Waals surface area contributed by atoms with E-state index in [1.165, 1.54) is 0 Å². The van der Waals surface area contributed by atoms with E-state index in [1.54, 1.807) is 36.4 Å². The monoisotopic (exact) mass is 428 g/mol. The molecule has 0 aromatic heterocycles. The minimum atomic E-state index is -1.69. The molecule has 0 saturated carbocycles. The molecule has 2 heterocycles. The summed E-state index contributed by atoms with van der Waals surface area (Å²) in [6.07, 6.45) is 0. The zero-order valence-corrected chi connectivity index (χ0v) is 18.6. The van der Waals surface area contributed by atoms with Crippen molar-refractivity contribution in [1.82, 2.24) is 0 Å². The van der Waals surface area contributed by atoms with Crippen LogP contribution in [0.25, 0.3) is 0 Å². The number of ether oxygens (including phenoxy) is 2. The van der Waals surface area contributed by atoms with E-state index in [4.69, 9.17) is 4.12 Å². The first-order valence-electron chi connectivity index (χ1n) is 9.01. The van der Waals surface area contributed by atoms with Gasteiger partial charge in [-0.05, 0) is 49.6 Å². The Bertz CT molecular complexity index is 991. The highest BCUT2D eigenvalue weighted by Crippen LogP contribution is 2.20. The van der Waals surface area contributed by atoms with Gasteiger partial charge in [0.05, 0.1) is 22.3 Å². The van der Waals surface area contributed by atoms with Crippen LogP contribution < -0.4 is 5.19 Å². The Hall–Kier alpha value is -2.89. The topological polar surface area (TPSA) is 96.0 Å². The van der Waals surface area contributed by atoms with Crippen LogP contribution >= 0.6 is 0 Å². The zero-order chi connectivity index (χ0) is 21.3. The van der Waals surface area contributed by atoms with Crippen molar-refractivity contribution in [3.8, 4) is 0 Å². The van der Waals surface area contributed by atoms with E-state index in [-0.39, 0.29) is 0 Å². The molecule has 2 aliphatic heterocycles. The SMILES string of the molecule is C[SiH](O[Si](C)(C)C)c1cccc2c1C(=O)OC2=O.O=C1OC(=O)c2ccccc21. The Morgan fingerprint density at radius 3 is 1.76 bits per heavy atom. The number of fused-ring (bicyclic) bond motifs is 2. The van der Waals surface area contributed by atoms with E-state index in [9.17, 15) is 19.2 Å². The zero-order valence-electron chi connectivity index (χ0n) is 16.5. The molecule has 9 heteroatoms. The number of hydrogen-bond donors (Lipinski definition) is 0. The standard InChI is InChI=1S/C12H16O4Si2.C8H4O3/c1-17(16-18(2,3)4)9-7-5-6-8-10(9)12(14)15-11(8)13;9-7-5-3-1-2-4-6(5)8(10)11-7/h5-7,17H,1-4H3;1-4H. The maximum Gasteiger partial charge on any atom is 0.346 e. The largest absolute Gasteiger partial charge is 0.455 e. The van der Waals surface area contributed by atoms with Crippen LogP contribution in [0.5, 0.6) is 0 Å². The van der Waals surface area contributed by atoms with Crippen molar-refractivity contribution in [2.75, 3.05) is 0 Å². The van der Waals surface area contributed by atoms with Gasteiger partial charge in [0.1, 0.15) is 0 Å². The lowest BCUT2D eigenvalue weighted by Gasteiger charge is -2.23. The molecule has 2 aromatic rings. The summed E-state index contributed by atoms with van der Waals surface area (Å²) in [7, 11) is -3.34. The van der Waals surface area contributed by atoms with Crippen LogP contribution in [-0.4, -0.2) is 41.2 Å². The lowest BCUT2D eigenvalue weighted by Crippen LogP contribution is -2.42. The Morgan fingerprint density at radius 2 is 1.21 bits per heavy atom. The summed E-state index contributed by atoms with van der Waals surface area (Å²) in [4.78, 5) is 44.8. The Labute approximate surface area is 170 Å².